The van der Waals surface area contributed by atoms with Crippen LogP contribution in [0.15, 0.2) is 52.9 Å². The Morgan fingerprint density at radius 1 is 1.04 bits per heavy atom. The van der Waals surface area contributed by atoms with Gasteiger partial charge in [0.2, 0.25) is 15.9 Å². The number of carbonyl (C=O) groups is 5. The van der Waals surface area contributed by atoms with Crippen LogP contribution in [-0.2, 0) is 33.9 Å². The molecule has 20 heteroatoms. The lowest BCUT2D eigenvalue weighted by Crippen LogP contribution is -2.41. The molecule has 2 aromatic carbocycles. The molecule has 1 fully saturated rings. The summed E-state index contributed by atoms with van der Waals surface area (Å²) >= 11 is 0. The summed E-state index contributed by atoms with van der Waals surface area (Å²) < 4.78 is 69.8. The Hall–Kier alpha value is -5.50. The van der Waals surface area contributed by atoms with Gasteiger partial charge in [0.15, 0.2) is 0 Å². The fourth-order valence-corrected chi connectivity index (χ4v) is 5.99. The number of nitrogens with one attached hydrogen (secondary N) is 3. The minimum absolute atomic E-state index is 0.0652. The topological polar surface area (TPSA) is 256 Å². The molecule has 0 radical (unpaired) electrons. The van der Waals surface area contributed by atoms with Crippen molar-refractivity contribution in [1.29, 1.82) is 5.41 Å². The highest BCUT2D eigenvalue weighted by Crippen LogP contribution is 2.25. The average Bonchev–Trinajstić information content (AvgIpc) is 3.63. The predicted molar refractivity (Wildman–Crippen MR) is 178 cm³/mol. The summed E-state index contributed by atoms with van der Waals surface area (Å²) in [6.07, 6.45) is -2.96. The largest absolute Gasteiger partial charge is 0.491 e. The van der Waals surface area contributed by atoms with Crippen molar-refractivity contribution in [3.63, 3.8) is 0 Å². The molecule has 52 heavy (non-hydrogen) atoms. The number of hydrogen-bond acceptors (Lipinski definition) is 10. The molecule has 0 bridgehead atoms. The summed E-state index contributed by atoms with van der Waals surface area (Å²) in [6.45, 7) is 2.33. The predicted octanol–water partition coefficient (Wildman–Crippen LogP) is 2.12. The number of aliphatic carboxylic acids is 2. The summed E-state index contributed by atoms with van der Waals surface area (Å²) in [6, 6.07) is 8.86. The molecule has 0 aromatic heterocycles. The van der Waals surface area contributed by atoms with Gasteiger partial charge in [0, 0.05) is 42.4 Å². The van der Waals surface area contributed by atoms with Gasteiger partial charge in [-0.05, 0) is 56.2 Å². The molecule has 0 aliphatic carbocycles. The van der Waals surface area contributed by atoms with Crippen LogP contribution >= 0.6 is 0 Å². The number of hydrogen-bond donors (Lipinski definition) is 6. The van der Waals surface area contributed by atoms with Crippen LogP contribution in [0.4, 0.5) is 13.2 Å². The number of sulfonamides is 1. The maximum Gasteiger partial charge on any atom is 0.490 e. The monoisotopic (exact) mass is 757 g/mol. The molecule has 2 aromatic rings. The summed E-state index contributed by atoms with van der Waals surface area (Å²) in [4.78, 5) is 58.1. The lowest BCUT2D eigenvalue weighted by Gasteiger charge is -2.20. The second-order valence-corrected chi connectivity index (χ2v) is 12.9. The number of amides is 2. The fraction of sp³-hybridized carbons (Fsp3) is 0.375. The number of nitrogens with zero attached hydrogens (tertiary/aromatic N) is 1. The smallest absolute Gasteiger partial charge is 0.490 e. The summed E-state index contributed by atoms with van der Waals surface area (Å²) in [5.41, 5.74) is 6.05. The SMILES string of the molecule is CCOC(=O)C[C@H](COc1cc(C(=N)N)ccc1C=C(CC(=O)NC)C(=O)O)NC(=O)c1ccc(S(=O)(=O)N2CCCC2)cc1.O=C(O)C(F)(F)F. The Kier molecular flexibility index (Phi) is 15.8. The number of carboxylic acids is 2. The van der Waals surface area contributed by atoms with E-state index in [1.165, 1.54) is 59.9 Å². The normalized spacial score (nSPS) is 13.9. The second-order valence-electron chi connectivity index (χ2n) is 10.9. The van der Waals surface area contributed by atoms with Crippen molar-refractivity contribution < 1.29 is 65.2 Å². The minimum Gasteiger partial charge on any atom is -0.491 e. The van der Waals surface area contributed by atoms with Crippen molar-refractivity contribution in [2.45, 2.75) is 49.7 Å². The molecule has 0 saturated carbocycles. The van der Waals surface area contributed by atoms with E-state index in [1.54, 1.807) is 6.92 Å². The van der Waals surface area contributed by atoms with Crippen LogP contribution < -0.4 is 21.1 Å². The van der Waals surface area contributed by atoms with Crippen LogP contribution in [0, 0.1) is 5.41 Å². The third-order valence-electron chi connectivity index (χ3n) is 7.11. The molecule has 1 atom stereocenters. The van der Waals surface area contributed by atoms with Gasteiger partial charge in [-0.1, -0.05) is 12.1 Å². The van der Waals surface area contributed by atoms with Gasteiger partial charge in [0.05, 0.1) is 30.4 Å². The van der Waals surface area contributed by atoms with Crippen LogP contribution in [0.25, 0.3) is 6.08 Å². The molecular weight excluding hydrogens is 719 g/mol. The molecule has 3 rings (SSSR count). The highest BCUT2D eigenvalue weighted by Gasteiger charge is 2.38. The van der Waals surface area contributed by atoms with Crippen LogP contribution in [-0.4, -0.2) is 104 Å². The summed E-state index contributed by atoms with van der Waals surface area (Å²) in [5, 5.41) is 29.6. The molecule has 2 amide bonds. The van der Waals surface area contributed by atoms with Gasteiger partial charge in [0.1, 0.15) is 18.2 Å². The van der Waals surface area contributed by atoms with Gasteiger partial charge in [-0.15, -0.1) is 0 Å². The number of benzene rings is 2. The molecule has 1 saturated heterocycles. The average molecular weight is 758 g/mol. The first-order valence-electron chi connectivity index (χ1n) is 15.4. The summed E-state index contributed by atoms with van der Waals surface area (Å²) in [5.74, 6) is -6.03. The molecule has 16 nitrogen and oxygen atoms in total. The quantitative estimate of drug-likeness (QED) is 0.0661. The van der Waals surface area contributed by atoms with Crippen molar-refractivity contribution in [3.05, 3.63) is 64.7 Å². The molecule has 7 N–H and O–H groups in total. The summed E-state index contributed by atoms with van der Waals surface area (Å²) in [7, 11) is -2.29. The van der Waals surface area contributed by atoms with E-state index in [9.17, 15) is 45.9 Å². The van der Waals surface area contributed by atoms with E-state index in [2.05, 4.69) is 10.6 Å². The maximum absolute atomic E-state index is 13.1. The van der Waals surface area contributed by atoms with E-state index in [1.807, 2.05) is 0 Å². The first kappa shape index (κ1) is 42.7. The zero-order valence-corrected chi connectivity index (χ0v) is 28.8. The van der Waals surface area contributed by atoms with Gasteiger partial charge in [-0.25, -0.2) is 18.0 Å². The Balaban J connectivity index is 0.00000121. The van der Waals surface area contributed by atoms with Crippen LogP contribution in [0.2, 0.25) is 0 Å². The van der Waals surface area contributed by atoms with Crippen molar-refractivity contribution >= 4 is 51.7 Å². The number of ether oxygens (including phenoxy) is 2. The van der Waals surface area contributed by atoms with E-state index in [0.29, 0.717) is 13.1 Å². The van der Waals surface area contributed by atoms with Crippen LogP contribution in [0.1, 0.15) is 54.1 Å². The number of carbonyl (C=O) groups excluding carboxylic acids is 3. The van der Waals surface area contributed by atoms with Crippen molar-refractivity contribution in [2.75, 3.05) is 33.4 Å². The minimum atomic E-state index is -5.08. The fourth-order valence-electron chi connectivity index (χ4n) is 4.47. The molecule has 1 heterocycles. The molecule has 284 valence electrons. The number of carboxylic acid groups (broad SMARTS) is 2. The third-order valence-corrected chi connectivity index (χ3v) is 9.03. The van der Waals surface area contributed by atoms with E-state index in [-0.39, 0.29) is 58.4 Å². The number of alkyl halides is 3. The van der Waals surface area contributed by atoms with Gasteiger partial charge in [-0.2, -0.15) is 17.5 Å². The molecule has 0 unspecified atom stereocenters. The van der Waals surface area contributed by atoms with E-state index in [0.717, 1.165) is 12.8 Å². The standard InChI is InChI=1S/C30H37N5O9S.C2HF3O2/c1-3-43-27(37)17-23(34-29(38)19-8-10-24(11-9-19)45(41,42)35-12-4-5-13-35)18-44-25-15-21(28(31)32)7-6-20(25)14-22(30(39)40)16-26(36)33-2;3-2(4,5)1(6)7/h6-11,14-15,23H,3-5,12-13,16-18H2,1-2H3,(H3,31,32)(H,33,36)(H,34,38)(H,39,40);(H,6,7)/t23-;/m1./s1. The van der Waals surface area contributed by atoms with Crippen LogP contribution in [0.5, 0.6) is 5.75 Å². The van der Waals surface area contributed by atoms with Gasteiger partial charge < -0.3 is 36.1 Å². The molecule has 0 spiro atoms. The van der Waals surface area contributed by atoms with E-state index < -0.39 is 58.4 Å². The maximum atomic E-state index is 13.1. The first-order chi connectivity index (χ1) is 24.3. The van der Waals surface area contributed by atoms with Gasteiger partial charge in [-0.3, -0.25) is 19.8 Å². The van der Waals surface area contributed by atoms with Gasteiger partial charge >= 0.3 is 24.1 Å². The lowest BCUT2D eigenvalue weighted by atomic mass is 10.0. The Bertz CT molecular complexity index is 1780. The zero-order chi connectivity index (χ0) is 39.2. The van der Waals surface area contributed by atoms with Crippen molar-refractivity contribution in [2.24, 2.45) is 5.73 Å². The Morgan fingerprint density at radius 3 is 2.12 bits per heavy atom. The highest BCUT2D eigenvalue weighted by atomic mass is 32.2. The van der Waals surface area contributed by atoms with Crippen molar-refractivity contribution in [3.8, 4) is 5.75 Å². The number of nitrogens with two attached hydrogens (primary N) is 1. The number of esters is 1. The number of rotatable bonds is 15. The highest BCUT2D eigenvalue weighted by molar-refractivity contribution is 7.89. The zero-order valence-electron chi connectivity index (χ0n) is 28.0. The Morgan fingerprint density at radius 2 is 1.62 bits per heavy atom. The molecular formula is C32H38F3N5O11S. The Labute approximate surface area is 296 Å². The van der Waals surface area contributed by atoms with E-state index in [4.69, 9.17) is 30.5 Å². The van der Waals surface area contributed by atoms with E-state index >= 15 is 0 Å². The number of nitrogen functional groups attached to an aromatic ring is 1. The lowest BCUT2D eigenvalue weighted by molar-refractivity contribution is -0.192. The van der Waals surface area contributed by atoms with Gasteiger partial charge in [0.25, 0.3) is 5.91 Å². The molecule has 1 aliphatic heterocycles. The first-order valence-corrected chi connectivity index (χ1v) is 16.9. The molecule has 1 aliphatic rings. The third kappa shape index (κ3) is 13.0. The number of amidine groups is 1. The second kappa shape index (κ2) is 19.2. The van der Waals surface area contributed by atoms with Crippen LogP contribution in [0.3, 0.4) is 0 Å². The van der Waals surface area contributed by atoms with Crippen molar-refractivity contribution in [1.82, 2.24) is 14.9 Å². The number of halogens is 3.